The van der Waals surface area contributed by atoms with E-state index in [1.54, 1.807) is 48.5 Å². The third kappa shape index (κ3) is 4.33. The van der Waals surface area contributed by atoms with Gasteiger partial charge >= 0.3 is 11.9 Å². The first-order valence-corrected chi connectivity index (χ1v) is 9.15. The second kappa shape index (κ2) is 8.13. The van der Waals surface area contributed by atoms with Crippen molar-refractivity contribution in [2.45, 2.75) is 6.92 Å². The van der Waals surface area contributed by atoms with Crippen molar-refractivity contribution >= 4 is 23.9 Å². The molecule has 0 bridgehead atoms. The van der Waals surface area contributed by atoms with E-state index in [-0.39, 0.29) is 17.4 Å². The van der Waals surface area contributed by atoms with Gasteiger partial charge in [0.15, 0.2) is 5.70 Å². The van der Waals surface area contributed by atoms with Crippen LogP contribution in [0.1, 0.15) is 27.0 Å². The van der Waals surface area contributed by atoms with Gasteiger partial charge in [-0.05, 0) is 67.1 Å². The highest BCUT2D eigenvalue weighted by atomic mass is 19.1. The topological polar surface area (TPSA) is 65.0 Å². The number of halogens is 1. The average Bonchev–Trinajstić information content (AvgIpc) is 3.10. The monoisotopic (exact) mass is 401 g/mol. The molecule has 0 saturated heterocycles. The number of cyclic esters (lactones) is 1. The Morgan fingerprint density at radius 3 is 2.47 bits per heavy atom. The number of hydrogen-bond donors (Lipinski definition) is 0. The Bertz CT molecular complexity index is 1180. The molecule has 0 amide bonds. The van der Waals surface area contributed by atoms with Gasteiger partial charge in [-0.15, -0.1) is 0 Å². The van der Waals surface area contributed by atoms with Crippen LogP contribution in [0, 0.1) is 12.7 Å². The molecule has 0 aliphatic carbocycles. The van der Waals surface area contributed by atoms with Crippen LogP contribution in [0.2, 0.25) is 0 Å². The van der Waals surface area contributed by atoms with E-state index in [4.69, 9.17) is 9.47 Å². The summed E-state index contributed by atoms with van der Waals surface area (Å²) in [5.41, 5.74) is 2.75. The highest BCUT2D eigenvalue weighted by Crippen LogP contribution is 2.21. The molecule has 0 N–H and O–H groups in total. The van der Waals surface area contributed by atoms with E-state index in [0.29, 0.717) is 22.4 Å². The van der Waals surface area contributed by atoms with E-state index in [1.807, 2.05) is 13.0 Å². The smallest absolute Gasteiger partial charge is 0.363 e. The lowest BCUT2D eigenvalue weighted by atomic mass is 10.1. The number of hydrogen-bond acceptors (Lipinski definition) is 5. The fraction of sp³-hybridized carbons (Fsp3) is 0.0417. The number of ether oxygens (including phenoxy) is 2. The minimum Gasteiger partial charge on any atom is -0.423 e. The lowest BCUT2D eigenvalue weighted by Gasteiger charge is -2.05. The number of carbonyl (C=O) groups excluding carboxylic acids is 2. The van der Waals surface area contributed by atoms with Crippen molar-refractivity contribution < 1.29 is 23.5 Å². The predicted octanol–water partition coefficient (Wildman–Crippen LogP) is 4.70. The number of aliphatic imine (C=N–C) groups is 1. The van der Waals surface area contributed by atoms with E-state index in [9.17, 15) is 14.0 Å². The van der Waals surface area contributed by atoms with Crippen molar-refractivity contribution in [3.63, 3.8) is 0 Å². The minimum atomic E-state index is -0.593. The number of rotatable bonds is 4. The van der Waals surface area contributed by atoms with Gasteiger partial charge in [0.2, 0.25) is 5.90 Å². The van der Waals surface area contributed by atoms with Gasteiger partial charge in [0.1, 0.15) is 11.6 Å². The molecule has 1 heterocycles. The molecule has 5 nitrogen and oxygen atoms in total. The molecular formula is C24H16FNO4. The van der Waals surface area contributed by atoms with Crippen LogP contribution in [0.4, 0.5) is 4.39 Å². The van der Waals surface area contributed by atoms with Crippen LogP contribution in [0.25, 0.3) is 6.08 Å². The minimum absolute atomic E-state index is 0.120. The van der Waals surface area contributed by atoms with Crippen molar-refractivity contribution in [2.75, 3.05) is 0 Å². The van der Waals surface area contributed by atoms with E-state index in [2.05, 4.69) is 4.99 Å². The molecule has 0 spiro atoms. The zero-order valence-electron chi connectivity index (χ0n) is 16.0. The summed E-state index contributed by atoms with van der Waals surface area (Å²) < 4.78 is 23.6. The van der Waals surface area contributed by atoms with Gasteiger partial charge < -0.3 is 9.47 Å². The van der Waals surface area contributed by atoms with Crippen molar-refractivity contribution in [2.24, 2.45) is 4.99 Å². The molecule has 0 aromatic heterocycles. The van der Waals surface area contributed by atoms with Crippen LogP contribution in [-0.2, 0) is 9.53 Å². The summed E-state index contributed by atoms with van der Waals surface area (Å²) in [7, 11) is 0. The van der Waals surface area contributed by atoms with E-state index >= 15 is 0 Å². The Morgan fingerprint density at radius 1 is 1.03 bits per heavy atom. The summed E-state index contributed by atoms with van der Waals surface area (Å²) in [6.07, 6.45) is 1.56. The Hall–Kier alpha value is -4.06. The molecule has 0 saturated carbocycles. The van der Waals surface area contributed by atoms with Crippen LogP contribution in [0.5, 0.6) is 5.75 Å². The molecule has 1 aliphatic heterocycles. The van der Waals surface area contributed by atoms with E-state index < -0.39 is 11.9 Å². The van der Waals surface area contributed by atoms with Crippen molar-refractivity contribution in [3.05, 3.63) is 107 Å². The second-order valence-corrected chi connectivity index (χ2v) is 6.67. The highest BCUT2D eigenvalue weighted by molar-refractivity contribution is 6.12. The van der Waals surface area contributed by atoms with Crippen molar-refractivity contribution in [1.29, 1.82) is 0 Å². The fourth-order valence-electron chi connectivity index (χ4n) is 2.85. The van der Waals surface area contributed by atoms with Gasteiger partial charge in [0, 0.05) is 5.56 Å². The average molecular weight is 401 g/mol. The zero-order chi connectivity index (χ0) is 21.1. The zero-order valence-corrected chi connectivity index (χ0v) is 16.0. The summed E-state index contributed by atoms with van der Waals surface area (Å²) in [5.74, 6) is -0.923. The molecule has 148 valence electrons. The molecule has 4 rings (SSSR count). The molecule has 0 radical (unpaired) electrons. The van der Waals surface area contributed by atoms with E-state index in [1.165, 1.54) is 24.3 Å². The van der Waals surface area contributed by atoms with Crippen LogP contribution < -0.4 is 4.74 Å². The largest absolute Gasteiger partial charge is 0.423 e. The van der Waals surface area contributed by atoms with Gasteiger partial charge in [-0.2, -0.15) is 0 Å². The van der Waals surface area contributed by atoms with Crippen molar-refractivity contribution in [3.8, 4) is 5.75 Å². The number of benzene rings is 3. The Kier molecular flexibility index (Phi) is 5.22. The van der Waals surface area contributed by atoms with Gasteiger partial charge in [-0.25, -0.2) is 19.0 Å². The highest BCUT2D eigenvalue weighted by Gasteiger charge is 2.24. The molecule has 3 aromatic rings. The number of carbonyl (C=O) groups is 2. The SMILES string of the molecule is Cc1cccc(C(=O)Oc2ccc(/C=C3\N=C(c4ccc(F)cc4)OC3=O)cc2)c1. The third-order valence-electron chi connectivity index (χ3n) is 4.36. The van der Waals surface area contributed by atoms with E-state index in [0.717, 1.165) is 5.56 Å². The summed E-state index contributed by atoms with van der Waals surface area (Å²) in [6.45, 7) is 1.90. The van der Waals surface area contributed by atoms with Gasteiger partial charge in [0.25, 0.3) is 0 Å². The molecule has 3 aromatic carbocycles. The van der Waals surface area contributed by atoms with Crippen LogP contribution in [0.3, 0.4) is 0 Å². The lowest BCUT2D eigenvalue weighted by Crippen LogP contribution is -2.08. The predicted molar refractivity (Wildman–Crippen MR) is 110 cm³/mol. The molecule has 6 heteroatoms. The third-order valence-corrected chi connectivity index (χ3v) is 4.36. The van der Waals surface area contributed by atoms with Gasteiger partial charge in [-0.3, -0.25) is 0 Å². The summed E-state index contributed by atoms with van der Waals surface area (Å²) in [6, 6.07) is 19.3. The molecule has 0 fully saturated rings. The first-order valence-electron chi connectivity index (χ1n) is 9.15. The van der Waals surface area contributed by atoms with Gasteiger partial charge in [0.05, 0.1) is 5.56 Å². The van der Waals surface area contributed by atoms with Crippen molar-refractivity contribution in [1.82, 2.24) is 0 Å². The number of aryl methyl sites for hydroxylation is 1. The first kappa shape index (κ1) is 19.3. The molecule has 0 atom stereocenters. The fourth-order valence-corrected chi connectivity index (χ4v) is 2.85. The standard InChI is InChI=1S/C24H16FNO4/c1-15-3-2-4-18(13-15)23(27)29-20-11-5-16(6-12-20)14-21-24(28)30-22(26-21)17-7-9-19(25)10-8-17/h2-14H,1H3/b21-14-. The van der Waals surface area contributed by atoms with Crippen LogP contribution in [-0.4, -0.2) is 17.8 Å². The Balaban J connectivity index is 1.48. The molecular weight excluding hydrogens is 385 g/mol. The molecule has 30 heavy (non-hydrogen) atoms. The lowest BCUT2D eigenvalue weighted by molar-refractivity contribution is -0.129. The Morgan fingerprint density at radius 2 is 1.77 bits per heavy atom. The quantitative estimate of drug-likeness (QED) is 0.361. The molecule has 1 aliphatic rings. The molecule has 0 unspecified atom stereocenters. The Labute approximate surface area is 172 Å². The normalized spacial score (nSPS) is 14.4. The van der Waals surface area contributed by atoms with Gasteiger partial charge in [-0.1, -0.05) is 29.8 Å². The van der Waals surface area contributed by atoms with Crippen LogP contribution >= 0.6 is 0 Å². The van der Waals surface area contributed by atoms with Crippen LogP contribution in [0.15, 0.2) is 83.5 Å². The number of nitrogens with zero attached hydrogens (tertiary/aromatic N) is 1. The maximum absolute atomic E-state index is 13.1. The summed E-state index contributed by atoms with van der Waals surface area (Å²) in [5, 5.41) is 0. The second-order valence-electron chi connectivity index (χ2n) is 6.67. The maximum atomic E-state index is 13.1. The number of esters is 2. The maximum Gasteiger partial charge on any atom is 0.363 e. The first-order chi connectivity index (χ1) is 14.5. The summed E-state index contributed by atoms with van der Waals surface area (Å²) >= 11 is 0. The summed E-state index contributed by atoms with van der Waals surface area (Å²) in [4.78, 5) is 28.5.